The number of rotatable bonds is 6. The molecule has 2 aromatic rings. The number of hydrogen-bond acceptors (Lipinski definition) is 5. The molecule has 0 aromatic heterocycles. The Bertz CT molecular complexity index is 789. The minimum absolute atomic E-state index is 0.0119. The second kappa shape index (κ2) is 7.23. The maximum Gasteiger partial charge on any atom is 0.254 e. The van der Waals surface area contributed by atoms with Crippen LogP contribution in [0.3, 0.4) is 0 Å². The normalized spacial score (nSPS) is 13.3. The van der Waals surface area contributed by atoms with Gasteiger partial charge >= 0.3 is 0 Å². The molecule has 2 aromatic carbocycles. The van der Waals surface area contributed by atoms with E-state index in [1.54, 1.807) is 30.3 Å². The highest BCUT2D eigenvalue weighted by Gasteiger charge is 2.23. The van der Waals surface area contributed by atoms with Crippen LogP contribution in [-0.2, 0) is 16.1 Å². The van der Waals surface area contributed by atoms with E-state index in [0.29, 0.717) is 29.2 Å². The van der Waals surface area contributed by atoms with Gasteiger partial charge in [0.15, 0.2) is 17.6 Å². The summed E-state index contributed by atoms with van der Waals surface area (Å²) in [5.41, 5.74) is 7.66. The lowest BCUT2D eigenvalue weighted by atomic mass is 10.1. The van der Waals surface area contributed by atoms with Crippen LogP contribution in [0.25, 0.3) is 0 Å². The highest BCUT2D eigenvalue weighted by atomic mass is 16.7. The number of ether oxygens (including phenoxy) is 3. The molecule has 0 bridgehead atoms. The summed E-state index contributed by atoms with van der Waals surface area (Å²) < 4.78 is 16.0. The second-order valence-corrected chi connectivity index (χ2v) is 5.56. The summed E-state index contributed by atoms with van der Waals surface area (Å²) in [4.78, 5) is 12.5. The Balaban J connectivity index is 1.65. The van der Waals surface area contributed by atoms with Crippen molar-refractivity contribution in [2.24, 2.45) is 5.73 Å². The average Bonchev–Trinajstić information content (AvgIpc) is 3.09. The third kappa shape index (κ3) is 3.72. The molecule has 4 N–H and O–H groups in total. The highest BCUT2D eigenvalue weighted by molar-refractivity contribution is 5.94. The summed E-state index contributed by atoms with van der Waals surface area (Å²) in [6, 6.07) is 12.4. The highest BCUT2D eigenvalue weighted by Crippen LogP contribution is 2.34. The van der Waals surface area contributed by atoms with Crippen molar-refractivity contribution in [3.05, 3.63) is 59.2 Å². The van der Waals surface area contributed by atoms with Crippen molar-refractivity contribution in [3.63, 3.8) is 0 Å². The summed E-state index contributed by atoms with van der Waals surface area (Å²) in [5, 5.41) is 10.2. The van der Waals surface area contributed by atoms with Crippen LogP contribution in [-0.4, -0.2) is 25.6 Å². The number of nitrogen functional groups attached to an aromatic ring is 1. The van der Waals surface area contributed by atoms with Crippen LogP contribution in [0.2, 0.25) is 0 Å². The zero-order valence-corrected chi connectivity index (χ0v) is 13.7. The minimum Gasteiger partial charge on any atom is -0.454 e. The Kier molecular flexibility index (Phi) is 4.85. The first-order chi connectivity index (χ1) is 12.1. The smallest absolute Gasteiger partial charge is 0.254 e. The van der Waals surface area contributed by atoms with Crippen molar-refractivity contribution < 1.29 is 19.0 Å². The topological polar surface area (TPSA) is 107 Å². The van der Waals surface area contributed by atoms with Gasteiger partial charge in [0.05, 0.1) is 0 Å². The molecule has 130 valence electrons. The van der Waals surface area contributed by atoms with E-state index in [9.17, 15) is 4.79 Å². The summed E-state index contributed by atoms with van der Waals surface area (Å²) in [7, 11) is 1.48. The first kappa shape index (κ1) is 16.8. The van der Waals surface area contributed by atoms with Gasteiger partial charge in [0.1, 0.15) is 5.84 Å². The van der Waals surface area contributed by atoms with Gasteiger partial charge in [-0.05, 0) is 23.3 Å². The van der Waals surface area contributed by atoms with Crippen molar-refractivity contribution in [2.75, 3.05) is 13.9 Å². The summed E-state index contributed by atoms with van der Waals surface area (Å²) in [5.74, 6) is 1.02. The van der Waals surface area contributed by atoms with E-state index in [1.807, 2.05) is 12.1 Å². The number of amidine groups is 1. The van der Waals surface area contributed by atoms with Gasteiger partial charge < -0.3 is 25.3 Å². The maximum absolute atomic E-state index is 12.5. The number of fused-ring (bicyclic) bond motifs is 1. The molecular formula is C18H19N3O4. The number of nitrogens with two attached hydrogens (primary N) is 1. The Labute approximate surface area is 145 Å². The molecule has 7 heteroatoms. The fourth-order valence-corrected chi connectivity index (χ4v) is 2.55. The fraction of sp³-hybridized carbons (Fsp3) is 0.222. The molecule has 3 rings (SSSR count). The first-order valence-electron chi connectivity index (χ1n) is 7.72. The SMILES string of the molecule is COC(C(=O)NCc1ccc(C(=N)N)cc1)c1ccc2c(c1)OCO2. The van der Waals surface area contributed by atoms with Gasteiger partial charge in [0.25, 0.3) is 5.91 Å². The zero-order valence-electron chi connectivity index (χ0n) is 13.7. The number of carbonyl (C=O) groups is 1. The number of benzene rings is 2. The van der Waals surface area contributed by atoms with E-state index in [0.717, 1.165) is 5.56 Å². The summed E-state index contributed by atoms with van der Waals surface area (Å²) in [6.07, 6.45) is -0.744. The van der Waals surface area contributed by atoms with Crippen molar-refractivity contribution in [1.29, 1.82) is 5.41 Å². The van der Waals surface area contributed by atoms with Crippen LogP contribution in [0.4, 0.5) is 0 Å². The van der Waals surface area contributed by atoms with E-state index in [2.05, 4.69) is 5.32 Å². The molecular weight excluding hydrogens is 322 g/mol. The molecule has 0 spiro atoms. The monoisotopic (exact) mass is 341 g/mol. The van der Waals surface area contributed by atoms with Crippen LogP contribution < -0.4 is 20.5 Å². The molecule has 1 atom stereocenters. The second-order valence-electron chi connectivity index (χ2n) is 5.56. The van der Waals surface area contributed by atoms with Crippen LogP contribution in [0, 0.1) is 5.41 Å². The summed E-state index contributed by atoms with van der Waals surface area (Å²) in [6.45, 7) is 0.528. The molecule has 1 aliphatic rings. The number of hydrogen-bond donors (Lipinski definition) is 3. The van der Waals surface area contributed by atoms with E-state index in [-0.39, 0.29) is 18.5 Å². The van der Waals surface area contributed by atoms with Gasteiger partial charge in [-0.3, -0.25) is 10.2 Å². The van der Waals surface area contributed by atoms with Crippen molar-refractivity contribution >= 4 is 11.7 Å². The van der Waals surface area contributed by atoms with Crippen molar-refractivity contribution in [2.45, 2.75) is 12.6 Å². The quantitative estimate of drug-likeness (QED) is 0.548. The zero-order chi connectivity index (χ0) is 17.8. The Morgan fingerprint density at radius 1 is 1.24 bits per heavy atom. The third-order valence-electron chi connectivity index (χ3n) is 3.90. The Hall–Kier alpha value is -3.06. The van der Waals surface area contributed by atoms with E-state index >= 15 is 0 Å². The van der Waals surface area contributed by atoms with Crippen LogP contribution in [0.5, 0.6) is 11.5 Å². The molecule has 0 saturated heterocycles. The molecule has 7 nitrogen and oxygen atoms in total. The van der Waals surface area contributed by atoms with E-state index in [1.165, 1.54) is 7.11 Å². The molecule has 1 heterocycles. The lowest BCUT2D eigenvalue weighted by Crippen LogP contribution is -2.30. The predicted octanol–water partition coefficient (Wildman–Crippen LogP) is 1.70. The Morgan fingerprint density at radius 3 is 2.64 bits per heavy atom. The standard InChI is InChI=1S/C18H19N3O4/c1-23-16(13-6-7-14-15(8-13)25-10-24-14)18(22)21-9-11-2-4-12(5-3-11)17(19)20/h2-8,16H,9-10H2,1H3,(H3,19,20)(H,21,22). The lowest BCUT2D eigenvalue weighted by molar-refractivity contribution is -0.131. The number of nitrogens with one attached hydrogen (secondary N) is 2. The van der Waals surface area contributed by atoms with E-state index in [4.69, 9.17) is 25.4 Å². The molecule has 1 aliphatic heterocycles. The van der Waals surface area contributed by atoms with Crippen LogP contribution >= 0.6 is 0 Å². The average molecular weight is 341 g/mol. The molecule has 0 aliphatic carbocycles. The van der Waals surface area contributed by atoms with Gasteiger partial charge in [0, 0.05) is 19.2 Å². The lowest BCUT2D eigenvalue weighted by Gasteiger charge is -2.16. The minimum atomic E-state index is -0.744. The molecule has 0 fully saturated rings. The molecule has 1 unspecified atom stereocenters. The van der Waals surface area contributed by atoms with Crippen LogP contribution in [0.1, 0.15) is 22.8 Å². The van der Waals surface area contributed by atoms with E-state index < -0.39 is 6.10 Å². The summed E-state index contributed by atoms with van der Waals surface area (Å²) >= 11 is 0. The third-order valence-corrected chi connectivity index (χ3v) is 3.90. The van der Waals surface area contributed by atoms with Gasteiger partial charge in [-0.1, -0.05) is 30.3 Å². The van der Waals surface area contributed by atoms with Crippen LogP contribution in [0.15, 0.2) is 42.5 Å². The largest absolute Gasteiger partial charge is 0.454 e. The maximum atomic E-state index is 12.5. The van der Waals surface area contributed by atoms with Crippen molar-refractivity contribution in [1.82, 2.24) is 5.32 Å². The Morgan fingerprint density at radius 2 is 1.96 bits per heavy atom. The van der Waals surface area contributed by atoms with Gasteiger partial charge in [-0.15, -0.1) is 0 Å². The number of amides is 1. The number of methoxy groups -OCH3 is 1. The first-order valence-corrected chi connectivity index (χ1v) is 7.72. The fourth-order valence-electron chi connectivity index (χ4n) is 2.55. The van der Waals surface area contributed by atoms with Crippen molar-refractivity contribution in [3.8, 4) is 11.5 Å². The predicted molar refractivity (Wildman–Crippen MR) is 91.6 cm³/mol. The van der Waals surface area contributed by atoms with Gasteiger partial charge in [-0.2, -0.15) is 0 Å². The molecule has 0 radical (unpaired) electrons. The molecule has 25 heavy (non-hydrogen) atoms. The number of carbonyl (C=O) groups excluding carboxylic acids is 1. The van der Waals surface area contributed by atoms with Gasteiger partial charge in [0.2, 0.25) is 6.79 Å². The molecule has 0 saturated carbocycles. The van der Waals surface area contributed by atoms with Gasteiger partial charge in [-0.25, -0.2) is 0 Å². The molecule has 1 amide bonds.